The number of rotatable bonds is 3. The fourth-order valence-corrected chi connectivity index (χ4v) is 3.66. The van der Waals surface area contributed by atoms with Gasteiger partial charge in [0.05, 0.1) is 21.9 Å². The highest BCUT2D eigenvalue weighted by Crippen LogP contribution is 2.42. The van der Waals surface area contributed by atoms with Crippen LogP contribution in [-0.2, 0) is 25.0 Å². The van der Waals surface area contributed by atoms with Crippen molar-refractivity contribution in [1.29, 1.82) is 0 Å². The predicted molar refractivity (Wildman–Crippen MR) is 93.3 cm³/mol. The normalized spacial score (nSPS) is 24.0. The van der Waals surface area contributed by atoms with Crippen LogP contribution in [0.15, 0.2) is 59.5 Å². The van der Waals surface area contributed by atoms with E-state index < -0.39 is 21.4 Å². The molecule has 1 fully saturated rings. The van der Waals surface area contributed by atoms with Gasteiger partial charge in [0.1, 0.15) is 0 Å². The number of carbonyl (C=O) groups excluding carboxylic acids is 2. The van der Waals surface area contributed by atoms with Crippen LogP contribution in [-0.4, -0.2) is 20.2 Å². The van der Waals surface area contributed by atoms with E-state index >= 15 is 0 Å². The Kier molecular flexibility index (Phi) is 4.01. The van der Waals surface area contributed by atoms with E-state index in [1.165, 1.54) is 24.3 Å². The number of nitrogens with two attached hydrogens (primary N) is 1. The van der Waals surface area contributed by atoms with E-state index in [4.69, 9.17) is 5.14 Å². The molecule has 2 aromatic carbocycles. The molecule has 0 aromatic heterocycles. The number of imide groups is 1. The SMILES string of the molecule is CC1C(=O)N(c2ccc(S(N)(=O)=O)cc2)C(=O)C1(C)c1ccccc1. The van der Waals surface area contributed by atoms with Gasteiger partial charge in [-0.3, -0.25) is 9.59 Å². The van der Waals surface area contributed by atoms with Crippen molar-refractivity contribution in [2.24, 2.45) is 11.1 Å². The third kappa shape index (κ3) is 2.65. The maximum absolute atomic E-state index is 13.1. The number of primary sulfonamides is 1. The molecule has 7 heteroatoms. The van der Waals surface area contributed by atoms with Crippen molar-refractivity contribution in [2.45, 2.75) is 24.2 Å². The molecule has 2 atom stereocenters. The molecule has 1 saturated heterocycles. The van der Waals surface area contributed by atoms with E-state index in [-0.39, 0.29) is 16.7 Å². The second-order valence-corrected chi connectivity index (χ2v) is 7.87. The van der Waals surface area contributed by atoms with Crippen LogP contribution in [0.25, 0.3) is 0 Å². The topological polar surface area (TPSA) is 97.5 Å². The van der Waals surface area contributed by atoms with Gasteiger partial charge in [0, 0.05) is 0 Å². The summed E-state index contributed by atoms with van der Waals surface area (Å²) in [5, 5.41) is 5.08. The van der Waals surface area contributed by atoms with Gasteiger partial charge < -0.3 is 0 Å². The summed E-state index contributed by atoms with van der Waals surface area (Å²) in [5.74, 6) is -1.19. The molecule has 130 valence electrons. The lowest BCUT2D eigenvalue weighted by atomic mass is 9.74. The van der Waals surface area contributed by atoms with Crippen molar-refractivity contribution in [2.75, 3.05) is 4.90 Å². The van der Waals surface area contributed by atoms with Gasteiger partial charge in [0.15, 0.2) is 0 Å². The highest BCUT2D eigenvalue weighted by atomic mass is 32.2. The van der Waals surface area contributed by atoms with Gasteiger partial charge in [-0.15, -0.1) is 0 Å². The molecule has 0 radical (unpaired) electrons. The minimum absolute atomic E-state index is 0.0748. The van der Waals surface area contributed by atoms with Crippen molar-refractivity contribution in [3.8, 4) is 0 Å². The highest BCUT2D eigenvalue weighted by molar-refractivity contribution is 7.89. The van der Waals surface area contributed by atoms with E-state index in [0.29, 0.717) is 5.69 Å². The fraction of sp³-hybridized carbons (Fsp3) is 0.222. The van der Waals surface area contributed by atoms with Crippen LogP contribution >= 0.6 is 0 Å². The highest BCUT2D eigenvalue weighted by Gasteiger charge is 2.55. The summed E-state index contributed by atoms with van der Waals surface area (Å²) in [7, 11) is -3.84. The van der Waals surface area contributed by atoms with Gasteiger partial charge in [-0.2, -0.15) is 0 Å². The molecular formula is C18H18N2O4S. The summed E-state index contributed by atoms with van der Waals surface area (Å²) in [6.45, 7) is 3.48. The molecule has 0 spiro atoms. The summed E-state index contributed by atoms with van der Waals surface area (Å²) >= 11 is 0. The number of sulfonamides is 1. The molecule has 3 rings (SSSR count). The van der Waals surface area contributed by atoms with Crippen LogP contribution in [0.2, 0.25) is 0 Å². The van der Waals surface area contributed by atoms with Crippen molar-refractivity contribution in [3.63, 3.8) is 0 Å². The van der Waals surface area contributed by atoms with Crippen LogP contribution in [0.4, 0.5) is 5.69 Å². The predicted octanol–water partition coefficient (Wildman–Crippen LogP) is 1.80. The van der Waals surface area contributed by atoms with Gasteiger partial charge >= 0.3 is 0 Å². The zero-order valence-electron chi connectivity index (χ0n) is 13.8. The van der Waals surface area contributed by atoms with E-state index in [0.717, 1.165) is 10.5 Å². The molecule has 2 amide bonds. The number of nitrogens with zero attached hydrogens (tertiary/aromatic N) is 1. The van der Waals surface area contributed by atoms with Crippen LogP contribution in [0.5, 0.6) is 0 Å². The average molecular weight is 358 g/mol. The van der Waals surface area contributed by atoms with Crippen LogP contribution in [0, 0.1) is 5.92 Å². The van der Waals surface area contributed by atoms with Crippen molar-refractivity contribution in [3.05, 3.63) is 60.2 Å². The minimum Gasteiger partial charge on any atom is -0.274 e. The number of hydrogen-bond acceptors (Lipinski definition) is 4. The van der Waals surface area contributed by atoms with E-state index in [1.54, 1.807) is 13.8 Å². The van der Waals surface area contributed by atoms with Crippen molar-refractivity contribution < 1.29 is 18.0 Å². The lowest BCUT2D eigenvalue weighted by Crippen LogP contribution is -2.37. The average Bonchev–Trinajstić information content (AvgIpc) is 2.77. The molecule has 1 aliphatic rings. The first kappa shape index (κ1) is 17.3. The van der Waals surface area contributed by atoms with Gasteiger partial charge in [0.25, 0.3) is 0 Å². The first-order valence-electron chi connectivity index (χ1n) is 7.74. The molecule has 2 unspecified atom stereocenters. The minimum atomic E-state index is -3.84. The molecule has 25 heavy (non-hydrogen) atoms. The fourth-order valence-electron chi connectivity index (χ4n) is 3.15. The lowest BCUT2D eigenvalue weighted by molar-refractivity contribution is -0.122. The maximum Gasteiger partial charge on any atom is 0.244 e. The third-order valence-electron chi connectivity index (χ3n) is 4.90. The Bertz CT molecular complexity index is 939. The Morgan fingerprint density at radius 1 is 1.00 bits per heavy atom. The quantitative estimate of drug-likeness (QED) is 0.846. The molecule has 0 saturated carbocycles. The Balaban J connectivity index is 2.04. The van der Waals surface area contributed by atoms with Gasteiger partial charge in [-0.25, -0.2) is 18.5 Å². The summed E-state index contributed by atoms with van der Waals surface area (Å²) in [6, 6.07) is 14.6. The maximum atomic E-state index is 13.1. The van der Waals surface area contributed by atoms with Crippen molar-refractivity contribution in [1.82, 2.24) is 0 Å². The van der Waals surface area contributed by atoms with Crippen molar-refractivity contribution >= 4 is 27.5 Å². The Hall–Kier alpha value is -2.51. The summed E-state index contributed by atoms with van der Waals surface area (Å²) < 4.78 is 22.7. The molecular weight excluding hydrogens is 340 g/mol. The van der Waals surface area contributed by atoms with Crippen LogP contribution in [0.3, 0.4) is 0 Å². The molecule has 1 heterocycles. The Morgan fingerprint density at radius 2 is 1.56 bits per heavy atom. The molecule has 1 aliphatic heterocycles. The molecule has 6 nitrogen and oxygen atoms in total. The summed E-state index contributed by atoms with van der Waals surface area (Å²) in [6.07, 6.45) is 0. The van der Waals surface area contributed by atoms with Crippen LogP contribution < -0.4 is 10.0 Å². The van der Waals surface area contributed by atoms with Gasteiger partial charge in [-0.1, -0.05) is 37.3 Å². The zero-order valence-corrected chi connectivity index (χ0v) is 14.7. The van der Waals surface area contributed by atoms with Gasteiger partial charge in [0.2, 0.25) is 21.8 Å². The van der Waals surface area contributed by atoms with E-state index in [1.807, 2.05) is 30.3 Å². The van der Waals surface area contributed by atoms with E-state index in [9.17, 15) is 18.0 Å². The zero-order chi connectivity index (χ0) is 18.4. The molecule has 2 aromatic rings. The number of benzene rings is 2. The largest absolute Gasteiger partial charge is 0.274 e. The number of carbonyl (C=O) groups is 2. The number of hydrogen-bond donors (Lipinski definition) is 1. The number of anilines is 1. The number of amides is 2. The lowest BCUT2D eigenvalue weighted by Gasteiger charge is -2.25. The second kappa shape index (κ2) is 5.79. The second-order valence-electron chi connectivity index (χ2n) is 6.31. The first-order chi connectivity index (χ1) is 11.7. The Morgan fingerprint density at radius 3 is 2.08 bits per heavy atom. The third-order valence-corrected chi connectivity index (χ3v) is 5.83. The van der Waals surface area contributed by atoms with E-state index in [2.05, 4.69) is 0 Å². The van der Waals surface area contributed by atoms with Gasteiger partial charge in [-0.05, 0) is 36.8 Å². The summed E-state index contributed by atoms with van der Waals surface area (Å²) in [4.78, 5) is 26.9. The molecule has 2 N–H and O–H groups in total. The molecule has 0 bridgehead atoms. The summed E-state index contributed by atoms with van der Waals surface area (Å²) in [5.41, 5.74) is 0.121. The monoisotopic (exact) mass is 358 g/mol. The Labute approximate surface area is 146 Å². The standard InChI is InChI=1S/C18H18N2O4S/c1-12-16(21)20(14-8-10-15(11-9-14)25(19,23)24)17(22)18(12,2)13-6-4-3-5-7-13/h3-12H,1-2H3,(H2,19,23,24). The smallest absolute Gasteiger partial charge is 0.244 e. The van der Waals surface area contributed by atoms with Crippen LogP contribution in [0.1, 0.15) is 19.4 Å². The first-order valence-corrected chi connectivity index (χ1v) is 9.29. The molecule has 0 aliphatic carbocycles.